The van der Waals surface area contributed by atoms with Gasteiger partial charge in [-0.05, 0) is 30.5 Å². The van der Waals surface area contributed by atoms with E-state index in [2.05, 4.69) is 11.2 Å². The molecule has 0 radical (unpaired) electrons. The molecule has 1 aliphatic rings. The van der Waals surface area contributed by atoms with E-state index in [0.29, 0.717) is 18.0 Å². The van der Waals surface area contributed by atoms with E-state index >= 15 is 0 Å². The zero-order valence-electron chi connectivity index (χ0n) is 13.1. The van der Waals surface area contributed by atoms with Crippen molar-refractivity contribution < 1.29 is 9.53 Å². The van der Waals surface area contributed by atoms with Crippen molar-refractivity contribution in [3.63, 3.8) is 0 Å². The Morgan fingerprint density at radius 1 is 1.48 bits per heavy atom. The van der Waals surface area contributed by atoms with Crippen molar-refractivity contribution in [1.82, 2.24) is 14.7 Å². The summed E-state index contributed by atoms with van der Waals surface area (Å²) in [7, 11) is 1.66. The molecule has 0 N–H and O–H groups in total. The predicted octanol–water partition coefficient (Wildman–Crippen LogP) is 3.30. The van der Waals surface area contributed by atoms with Gasteiger partial charge in [0.05, 0.1) is 24.4 Å². The summed E-state index contributed by atoms with van der Waals surface area (Å²) in [5.41, 5.74) is 1.14. The number of amides is 1. The van der Waals surface area contributed by atoms with Gasteiger partial charge in [-0.2, -0.15) is 5.10 Å². The van der Waals surface area contributed by atoms with Crippen molar-refractivity contribution in [2.75, 3.05) is 13.7 Å². The van der Waals surface area contributed by atoms with Gasteiger partial charge >= 0.3 is 0 Å². The number of hydrogen-bond donors (Lipinski definition) is 0. The quantitative estimate of drug-likeness (QED) is 0.843. The Morgan fingerprint density at radius 2 is 2.35 bits per heavy atom. The molecule has 1 unspecified atom stereocenters. The van der Waals surface area contributed by atoms with Crippen molar-refractivity contribution in [3.8, 4) is 5.75 Å². The summed E-state index contributed by atoms with van der Waals surface area (Å²) in [6, 6.07) is 8.11. The summed E-state index contributed by atoms with van der Waals surface area (Å²) in [6.07, 6.45) is 5.77. The summed E-state index contributed by atoms with van der Waals surface area (Å²) in [6.45, 7) is 1.35. The number of methoxy groups -OCH3 is 1. The Hall–Kier alpha value is -2.01. The highest BCUT2D eigenvalue weighted by molar-refractivity contribution is 6.30. The summed E-state index contributed by atoms with van der Waals surface area (Å²) in [5, 5.41) is 4.70. The number of aryl methyl sites for hydroxylation is 1. The number of carbonyl (C=O) groups is 1. The smallest absolute Gasteiger partial charge is 0.224 e. The van der Waals surface area contributed by atoms with Gasteiger partial charge in [0.15, 0.2) is 0 Å². The normalized spacial score (nSPS) is 17.5. The first kappa shape index (κ1) is 15.9. The molecule has 5 nitrogen and oxygen atoms in total. The highest BCUT2D eigenvalue weighted by Crippen LogP contribution is 2.33. The number of ether oxygens (including phenoxy) is 1. The third-order valence-electron chi connectivity index (χ3n) is 4.21. The lowest BCUT2D eigenvalue weighted by Crippen LogP contribution is -2.31. The maximum atomic E-state index is 12.6. The monoisotopic (exact) mass is 333 g/mol. The molecule has 1 aromatic heterocycles. The summed E-state index contributed by atoms with van der Waals surface area (Å²) < 4.78 is 7.00. The molecular weight excluding hydrogens is 314 g/mol. The minimum absolute atomic E-state index is 0.138. The van der Waals surface area contributed by atoms with Crippen molar-refractivity contribution in [3.05, 3.63) is 47.2 Å². The number of likely N-dealkylation sites (tertiary alicyclic amines) is 1. The van der Waals surface area contributed by atoms with Gasteiger partial charge in [-0.3, -0.25) is 9.48 Å². The zero-order valence-corrected chi connectivity index (χ0v) is 13.9. The van der Waals surface area contributed by atoms with Gasteiger partial charge in [-0.25, -0.2) is 0 Å². The summed E-state index contributed by atoms with van der Waals surface area (Å²) in [5.74, 6) is 0.981. The number of hydrogen-bond acceptors (Lipinski definition) is 3. The van der Waals surface area contributed by atoms with E-state index < -0.39 is 0 Å². The Morgan fingerprint density at radius 3 is 3.09 bits per heavy atom. The molecule has 1 atom stereocenters. The van der Waals surface area contributed by atoms with Crippen LogP contribution in [0, 0.1) is 0 Å². The van der Waals surface area contributed by atoms with Gasteiger partial charge in [0.2, 0.25) is 5.91 Å². The number of rotatable bonds is 5. The third-order valence-corrected chi connectivity index (χ3v) is 4.40. The summed E-state index contributed by atoms with van der Waals surface area (Å²) >= 11 is 5.84. The molecule has 6 heteroatoms. The van der Waals surface area contributed by atoms with Gasteiger partial charge < -0.3 is 9.64 Å². The Balaban J connectivity index is 1.66. The first-order valence-corrected chi connectivity index (χ1v) is 8.16. The second-order valence-electron chi connectivity index (χ2n) is 5.69. The highest BCUT2D eigenvalue weighted by atomic mass is 35.5. The summed E-state index contributed by atoms with van der Waals surface area (Å²) in [4.78, 5) is 14.6. The van der Waals surface area contributed by atoms with E-state index in [-0.39, 0.29) is 11.9 Å². The fraction of sp³-hybridized carbons (Fsp3) is 0.412. The minimum Gasteiger partial charge on any atom is -0.497 e. The molecule has 3 rings (SSSR count). The van der Waals surface area contributed by atoms with Crippen LogP contribution in [0.15, 0.2) is 36.7 Å². The molecule has 0 saturated carbocycles. The topological polar surface area (TPSA) is 47.4 Å². The van der Waals surface area contributed by atoms with Gasteiger partial charge in [0.1, 0.15) is 5.75 Å². The molecule has 2 heterocycles. The average molecular weight is 334 g/mol. The van der Waals surface area contributed by atoms with Crippen molar-refractivity contribution >= 4 is 17.5 Å². The van der Waals surface area contributed by atoms with Crippen LogP contribution in [-0.2, 0) is 11.3 Å². The van der Waals surface area contributed by atoms with Gasteiger partial charge in [-0.15, -0.1) is 0 Å². The fourth-order valence-corrected chi connectivity index (χ4v) is 3.23. The number of benzene rings is 1. The molecule has 1 amide bonds. The molecule has 1 fully saturated rings. The maximum Gasteiger partial charge on any atom is 0.224 e. The van der Waals surface area contributed by atoms with Crippen molar-refractivity contribution in [2.24, 2.45) is 0 Å². The number of nitrogens with zero attached hydrogens (tertiary/aromatic N) is 3. The first-order chi connectivity index (χ1) is 11.2. The number of halogens is 1. The lowest BCUT2D eigenvalue weighted by Gasteiger charge is -2.25. The van der Waals surface area contributed by atoms with Crippen LogP contribution >= 0.6 is 11.6 Å². The Labute approximate surface area is 140 Å². The zero-order chi connectivity index (χ0) is 16.2. The molecule has 1 aliphatic heterocycles. The van der Waals surface area contributed by atoms with Gasteiger partial charge in [-0.1, -0.05) is 23.7 Å². The number of aromatic nitrogens is 2. The van der Waals surface area contributed by atoms with Crippen LogP contribution in [0.3, 0.4) is 0 Å². The molecule has 0 bridgehead atoms. The molecule has 1 aromatic carbocycles. The van der Waals surface area contributed by atoms with Crippen LogP contribution in [0.5, 0.6) is 5.75 Å². The van der Waals surface area contributed by atoms with E-state index in [9.17, 15) is 4.79 Å². The Bertz CT molecular complexity index is 686. The second-order valence-corrected chi connectivity index (χ2v) is 6.13. The number of carbonyl (C=O) groups excluding carboxylic acids is 1. The predicted molar refractivity (Wildman–Crippen MR) is 88.5 cm³/mol. The van der Waals surface area contributed by atoms with Crippen molar-refractivity contribution in [1.29, 1.82) is 0 Å². The van der Waals surface area contributed by atoms with E-state index in [1.54, 1.807) is 24.2 Å². The van der Waals surface area contributed by atoms with Crippen LogP contribution in [0.1, 0.15) is 30.9 Å². The first-order valence-electron chi connectivity index (χ1n) is 7.79. The second kappa shape index (κ2) is 7.04. The molecule has 2 aromatic rings. The van der Waals surface area contributed by atoms with Gasteiger partial charge in [0.25, 0.3) is 0 Å². The minimum atomic E-state index is 0.138. The maximum absolute atomic E-state index is 12.6. The average Bonchev–Trinajstić information content (AvgIpc) is 3.21. The molecule has 1 saturated heterocycles. The highest BCUT2D eigenvalue weighted by Gasteiger charge is 2.29. The standard InChI is InChI=1S/C17H20ClN3O2/c1-23-15-5-2-4-13(10-15)16-6-3-8-21(16)17(22)7-9-20-12-14(18)11-19-20/h2,4-5,10-12,16H,3,6-9H2,1H3. The van der Waals surface area contributed by atoms with Crippen LogP contribution < -0.4 is 4.74 Å². The van der Waals surface area contributed by atoms with Crippen LogP contribution in [-0.4, -0.2) is 34.2 Å². The largest absolute Gasteiger partial charge is 0.497 e. The Kier molecular flexibility index (Phi) is 4.86. The van der Waals surface area contributed by atoms with Gasteiger partial charge in [0, 0.05) is 25.7 Å². The molecule has 0 aliphatic carbocycles. The van der Waals surface area contributed by atoms with E-state index in [4.69, 9.17) is 16.3 Å². The molecule has 23 heavy (non-hydrogen) atoms. The molecule has 122 valence electrons. The van der Waals surface area contributed by atoms with Crippen LogP contribution in [0.25, 0.3) is 0 Å². The lowest BCUT2D eigenvalue weighted by atomic mass is 10.0. The van der Waals surface area contributed by atoms with Crippen LogP contribution in [0.2, 0.25) is 5.02 Å². The van der Waals surface area contributed by atoms with E-state index in [1.165, 1.54) is 0 Å². The third kappa shape index (κ3) is 3.67. The van der Waals surface area contributed by atoms with E-state index in [1.807, 2.05) is 23.1 Å². The fourth-order valence-electron chi connectivity index (χ4n) is 3.07. The molecular formula is C17H20ClN3O2. The SMILES string of the molecule is COc1cccc(C2CCCN2C(=O)CCn2cc(Cl)cn2)c1. The van der Waals surface area contributed by atoms with Crippen molar-refractivity contribution in [2.45, 2.75) is 31.8 Å². The van der Waals surface area contributed by atoms with Crippen LogP contribution in [0.4, 0.5) is 0 Å². The lowest BCUT2D eigenvalue weighted by molar-refractivity contribution is -0.132. The van der Waals surface area contributed by atoms with E-state index in [0.717, 1.165) is 30.7 Å². The molecule has 0 spiro atoms.